The first-order chi connectivity index (χ1) is 12.2. The van der Waals surface area contributed by atoms with E-state index in [0.29, 0.717) is 43.3 Å². The molecule has 2 aromatic rings. The number of alkyl halides is 3. The van der Waals surface area contributed by atoms with Gasteiger partial charge in [-0.1, -0.05) is 16.8 Å². The van der Waals surface area contributed by atoms with Crippen molar-refractivity contribution in [1.29, 1.82) is 0 Å². The van der Waals surface area contributed by atoms with Crippen molar-refractivity contribution >= 4 is 29.1 Å². The van der Waals surface area contributed by atoms with E-state index in [1.54, 1.807) is 17.9 Å². The van der Waals surface area contributed by atoms with E-state index < -0.39 is 11.7 Å². The second kappa shape index (κ2) is 7.14. The zero-order valence-corrected chi connectivity index (χ0v) is 14.6. The lowest BCUT2D eigenvalue weighted by molar-refractivity contribution is -0.137. The monoisotopic (exact) mass is 388 g/mol. The lowest BCUT2D eigenvalue weighted by atomic mass is 9.96. The van der Waals surface area contributed by atoms with Crippen LogP contribution in [0.4, 0.5) is 24.8 Å². The van der Waals surface area contributed by atoms with Crippen LogP contribution in [0.2, 0.25) is 5.02 Å². The lowest BCUT2D eigenvalue weighted by Gasteiger charge is -2.32. The third-order valence-electron chi connectivity index (χ3n) is 4.19. The smallest absolute Gasteiger partial charge is 0.360 e. The maximum Gasteiger partial charge on any atom is 0.417 e. The zero-order valence-electron chi connectivity index (χ0n) is 13.8. The number of pyridine rings is 1. The van der Waals surface area contributed by atoms with Gasteiger partial charge in [0.05, 0.1) is 10.6 Å². The molecule has 0 aliphatic carbocycles. The van der Waals surface area contributed by atoms with Crippen LogP contribution in [0.3, 0.4) is 0 Å². The van der Waals surface area contributed by atoms with Gasteiger partial charge in [-0.05, 0) is 25.8 Å². The Balaban J connectivity index is 1.60. The third-order valence-corrected chi connectivity index (χ3v) is 4.47. The van der Waals surface area contributed by atoms with Crippen molar-refractivity contribution in [2.24, 2.45) is 5.92 Å². The molecule has 1 aliphatic rings. The molecule has 0 bridgehead atoms. The first-order valence-electron chi connectivity index (χ1n) is 7.96. The molecule has 1 saturated heterocycles. The van der Waals surface area contributed by atoms with Crippen molar-refractivity contribution in [3.8, 4) is 0 Å². The van der Waals surface area contributed by atoms with Crippen LogP contribution in [0.15, 0.2) is 22.9 Å². The van der Waals surface area contributed by atoms with Crippen LogP contribution in [0.25, 0.3) is 0 Å². The summed E-state index contributed by atoms with van der Waals surface area (Å²) in [6.07, 6.45) is -2.66. The summed E-state index contributed by atoms with van der Waals surface area (Å²) >= 11 is 5.98. The fourth-order valence-electron chi connectivity index (χ4n) is 2.83. The van der Waals surface area contributed by atoms with Crippen LogP contribution in [-0.4, -0.2) is 29.1 Å². The number of amides is 1. The van der Waals surface area contributed by atoms with Crippen LogP contribution in [0, 0.1) is 12.8 Å². The summed E-state index contributed by atoms with van der Waals surface area (Å²) in [4.78, 5) is 17.9. The normalized spacial score (nSPS) is 16.0. The average molecular weight is 389 g/mol. The Morgan fingerprint density at radius 2 is 2.04 bits per heavy atom. The highest BCUT2D eigenvalue weighted by atomic mass is 35.5. The predicted octanol–water partition coefficient (Wildman–Crippen LogP) is 3.91. The minimum absolute atomic E-state index is 0.0548. The number of nitrogens with zero attached hydrogens (tertiary/aromatic N) is 3. The van der Waals surface area contributed by atoms with Crippen molar-refractivity contribution in [2.45, 2.75) is 25.9 Å². The molecule has 26 heavy (non-hydrogen) atoms. The summed E-state index contributed by atoms with van der Waals surface area (Å²) < 4.78 is 43.0. The number of carbonyl (C=O) groups excluding carboxylic acids is 1. The molecule has 3 rings (SSSR count). The Kier molecular flexibility index (Phi) is 5.08. The standard InChI is InChI=1S/C16H16ClF3N4O2/c1-9-6-13(23-26-9)22-15(25)10-2-4-24(5-3-10)14-12(17)7-11(8-21-14)16(18,19)20/h6-8,10H,2-5H2,1H3,(H,22,23,25). The molecule has 0 atom stereocenters. The minimum atomic E-state index is -4.49. The van der Waals surface area contributed by atoms with E-state index in [9.17, 15) is 18.0 Å². The summed E-state index contributed by atoms with van der Waals surface area (Å²) in [6, 6.07) is 2.49. The first-order valence-corrected chi connectivity index (χ1v) is 8.33. The average Bonchev–Trinajstić information content (AvgIpc) is 2.99. The van der Waals surface area contributed by atoms with Crippen LogP contribution >= 0.6 is 11.6 Å². The molecule has 0 spiro atoms. The van der Waals surface area contributed by atoms with Gasteiger partial charge in [-0.2, -0.15) is 13.2 Å². The summed E-state index contributed by atoms with van der Waals surface area (Å²) in [5.41, 5.74) is -0.886. The summed E-state index contributed by atoms with van der Waals surface area (Å²) in [6.45, 7) is 2.66. The van der Waals surface area contributed by atoms with Crippen LogP contribution in [-0.2, 0) is 11.0 Å². The van der Waals surface area contributed by atoms with Crippen molar-refractivity contribution in [3.05, 3.63) is 34.7 Å². The van der Waals surface area contributed by atoms with Gasteiger partial charge in [0.2, 0.25) is 5.91 Å². The number of carbonyl (C=O) groups is 1. The first kappa shape index (κ1) is 18.5. The summed E-state index contributed by atoms with van der Waals surface area (Å²) in [5, 5.41) is 6.35. The number of rotatable bonds is 3. The van der Waals surface area contributed by atoms with Gasteiger partial charge < -0.3 is 14.7 Å². The number of hydrogen-bond acceptors (Lipinski definition) is 5. The van der Waals surface area contributed by atoms with Crippen LogP contribution in [0.1, 0.15) is 24.2 Å². The molecule has 1 aliphatic heterocycles. The van der Waals surface area contributed by atoms with E-state index in [1.165, 1.54) is 0 Å². The lowest BCUT2D eigenvalue weighted by Crippen LogP contribution is -2.38. The van der Waals surface area contributed by atoms with Gasteiger partial charge in [0, 0.05) is 31.3 Å². The van der Waals surface area contributed by atoms with Gasteiger partial charge in [-0.3, -0.25) is 4.79 Å². The topological polar surface area (TPSA) is 71.3 Å². The molecule has 2 aromatic heterocycles. The molecule has 1 fully saturated rings. The maximum atomic E-state index is 12.7. The number of piperidine rings is 1. The van der Waals surface area contributed by atoms with Crippen molar-refractivity contribution in [2.75, 3.05) is 23.3 Å². The Morgan fingerprint density at radius 1 is 1.35 bits per heavy atom. The Bertz CT molecular complexity index is 801. The molecule has 1 amide bonds. The van der Waals surface area contributed by atoms with E-state index in [1.807, 2.05) is 0 Å². The van der Waals surface area contributed by atoms with E-state index >= 15 is 0 Å². The molecule has 3 heterocycles. The molecule has 1 N–H and O–H groups in total. The third kappa shape index (κ3) is 4.09. The number of nitrogens with one attached hydrogen (secondary N) is 1. The van der Waals surface area contributed by atoms with Gasteiger partial charge in [0.25, 0.3) is 0 Å². The molecule has 0 saturated carbocycles. The number of halogens is 4. The Morgan fingerprint density at radius 3 is 2.58 bits per heavy atom. The van der Waals surface area contributed by atoms with E-state index in [0.717, 1.165) is 12.3 Å². The second-order valence-electron chi connectivity index (χ2n) is 6.10. The molecule has 0 radical (unpaired) electrons. The van der Waals surface area contributed by atoms with Crippen LogP contribution < -0.4 is 10.2 Å². The van der Waals surface area contributed by atoms with Gasteiger partial charge in [-0.25, -0.2) is 4.98 Å². The maximum absolute atomic E-state index is 12.7. The highest BCUT2D eigenvalue weighted by Crippen LogP contribution is 2.34. The number of aryl methyl sites for hydroxylation is 1. The Hall–Kier alpha value is -2.29. The molecule has 6 nitrogen and oxygen atoms in total. The largest absolute Gasteiger partial charge is 0.417 e. The molecule has 140 valence electrons. The zero-order chi connectivity index (χ0) is 18.9. The van der Waals surface area contributed by atoms with Crippen molar-refractivity contribution in [3.63, 3.8) is 0 Å². The molecule has 0 unspecified atom stereocenters. The minimum Gasteiger partial charge on any atom is -0.360 e. The van der Waals surface area contributed by atoms with Crippen molar-refractivity contribution in [1.82, 2.24) is 10.1 Å². The molecular formula is C16H16ClF3N4O2. The quantitative estimate of drug-likeness (QED) is 0.863. The molecule has 10 heteroatoms. The van der Waals surface area contributed by atoms with Crippen molar-refractivity contribution < 1.29 is 22.5 Å². The number of anilines is 2. The van der Waals surface area contributed by atoms with E-state index in [-0.39, 0.29) is 16.8 Å². The van der Waals surface area contributed by atoms with Gasteiger partial charge in [0.1, 0.15) is 11.6 Å². The van der Waals surface area contributed by atoms with Gasteiger partial charge in [0.15, 0.2) is 5.82 Å². The number of hydrogen-bond donors (Lipinski definition) is 1. The Labute approximate surface area is 152 Å². The fraction of sp³-hybridized carbons (Fsp3) is 0.438. The van der Waals surface area contributed by atoms with E-state index in [4.69, 9.17) is 16.1 Å². The number of aromatic nitrogens is 2. The highest BCUT2D eigenvalue weighted by molar-refractivity contribution is 6.33. The van der Waals surface area contributed by atoms with Gasteiger partial charge >= 0.3 is 6.18 Å². The fourth-order valence-corrected chi connectivity index (χ4v) is 3.11. The predicted molar refractivity (Wildman–Crippen MR) is 89.1 cm³/mol. The molecular weight excluding hydrogens is 373 g/mol. The summed E-state index contributed by atoms with van der Waals surface area (Å²) in [5.74, 6) is 0.868. The van der Waals surface area contributed by atoms with Gasteiger partial charge in [-0.15, -0.1) is 0 Å². The second-order valence-corrected chi connectivity index (χ2v) is 6.51. The molecule has 0 aromatic carbocycles. The summed E-state index contributed by atoms with van der Waals surface area (Å²) in [7, 11) is 0. The van der Waals surface area contributed by atoms with Crippen LogP contribution in [0.5, 0.6) is 0 Å². The SMILES string of the molecule is Cc1cc(NC(=O)C2CCN(c3ncc(C(F)(F)F)cc3Cl)CC2)no1. The highest BCUT2D eigenvalue weighted by Gasteiger charge is 2.33. The van der Waals surface area contributed by atoms with E-state index in [2.05, 4.69) is 15.5 Å².